The van der Waals surface area contributed by atoms with E-state index in [-0.39, 0.29) is 43.3 Å². The molecule has 0 spiro atoms. The van der Waals surface area contributed by atoms with E-state index in [1.807, 2.05) is 91.0 Å². The molecule has 2 amide bonds. The van der Waals surface area contributed by atoms with Crippen LogP contribution in [0, 0.1) is 11.8 Å². The maximum Gasteiger partial charge on any atom is 0.309 e. The van der Waals surface area contributed by atoms with Gasteiger partial charge in [0.05, 0.1) is 30.5 Å². The minimum absolute atomic E-state index is 0.0153. The highest BCUT2D eigenvalue weighted by Crippen LogP contribution is 2.20. The Balaban J connectivity index is 1.44. The van der Waals surface area contributed by atoms with Crippen LogP contribution in [0.25, 0.3) is 0 Å². The number of ether oxygens (including phenoxy) is 1. The Morgan fingerprint density at radius 2 is 1.45 bits per heavy atom. The van der Waals surface area contributed by atoms with Gasteiger partial charge in [-0.2, -0.15) is 11.8 Å². The number of rotatable bonds is 12. The third kappa shape index (κ3) is 11.3. The molecule has 8 heteroatoms. The molecule has 4 rings (SSSR count). The number of aliphatic hydroxyl groups excluding tert-OH is 1. The van der Waals surface area contributed by atoms with Crippen LogP contribution in [0.3, 0.4) is 0 Å². The molecule has 0 fully saturated rings. The van der Waals surface area contributed by atoms with Crippen LogP contribution in [0.2, 0.25) is 0 Å². The molecule has 0 saturated carbocycles. The van der Waals surface area contributed by atoms with Crippen molar-refractivity contribution in [2.45, 2.75) is 49.9 Å². The lowest BCUT2D eigenvalue weighted by Gasteiger charge is -2.24. The summed E-state index contributed by atoms with van der Waals surface area (Å²) in [7, 11) is 0. The predicted octanol–water partition coefficient (Wildman–Crippen LogP) is 4.88. The van der Waals surface area contributed by atoms with E-state index in [0.717, 1.165) is 16.9 Å². The molecule has 0 radical (unpaired) electrons. The van der Waals surface area contributed by atoms with Crippen molar-refractivity contribution in [1.82, 2.24) is 10.6 Å². The van der Waals surface area contributed by atoms with Crippen LogP contribution >= 0.6 is 11.8 Å². The molecule has 0 unspecified atom stereocenters. The molecular weight excluding hydrogens is 572 g/mol. The molecule has 0 aliphatic carbocycles. The maximum absolute atomic E-state index is 13.5. The zero-order valence-corrected chi connectivity index (χ0v) is 25.8. The molecule has 3 aromatic carbocycles. The number of allylic oxidation sites excluding steroid dienone is 2. The van der Waals surface area contributed by atoms with Gasteiger partial charge in [0.2, 0.25) is 11.8 Å². The summed E-state index contributed by atoms with van der Waals surface area (Å²) in [5, 5.41) is 15.9. The van der Waals surface area contributed by atoms with Gasteiger partial charge in [0.15, 0.2) is 0 Å². The number of benzene rings is 3. The second-order valence-corrected chi connectivity index (χ2v) is 12.2. The second-order valence-electron chi connectivity index (χ2n) is 11.2. The molecule has 0 bridgehead atoms. The number of amides is 2. The highest BCUT2D eigenvalue weighted by Gasteiger charge is 2.27. The van der Waals surface area contributed by atoms with Crippen molar-refractivity contribution in [3.05, 3.63) is 120 Å². The zero-order chi connectivity index (χ0) is 31.0. The van der Waals surface area contributed by atoms with Gasteiger partial charge in [0.25, 0.3) is 0 Å². The highest BCUT2D eigenvalue weighted by atomic mass is 32.2. The fourth-order valence-corrected chi connectivity index (χ4v) is 6.19. The van der Waals surface area contributed by atoms with Crippen molar-refractivity contribution in [3.8, 4) is 0 Å². The van der Waals surface area contributed by atoms with E-state index in [2.05, 4.69) is 22.8 Å². The third-order valence-corrected chi connectivity index (χ3v) is 8.76. The van der Waals surface area contributed by atoms with Crippen molar-refractivity contribution in [3.63, 3.8) is 0 Å². The molecule has 232 valence electrons. The minimum atomic E-state index is -0.605. The smallest absolute Gasteiger partial charge is 0.309 e. The average Bonchev–Trinajstić information content (AvgIpc) is 3.04. The van der Waals surface area contributed by atoms with Crippen molar-refractivity contribution in [2.24, 2.45) is 11.8 Å². The first-order chi connectivity index (χ1) is 21.5. The SMILES string of the molecule is O=C(C[C@H]1CC=CC[C@H](Cc2ccccc2)C(=O)OC[C@H](CSCc2ccccc2)NC1=O)N[C@@H](CO)Cc1ccccc1. The summed E-state index contributed by atoms with van der Waals surface area (Å²) in [5.41, 5.74) is 3.24. The second kappa shape index (κ2) is 18.0. The molecule has 1 aliphatic rings. The van der Waals surface area contributed by atoms with E-state index in [1.165, 1.54) is 5.56 Å². The molecule has 3 N–H and O–H groups in total. The van der Waals surface area contributed by atoms with Gasteiger partial charge in [-0.3, -0.25) is 14.4 Å². The summed E-state index contributed by atoms with van der Waals surface area (Å²) in [6, 6.07) is 28.7. The van der Waals surface area contributed by atoms with E-state index in [1.54, 1.807) is 11.8 Å². The van der Waals surface area contributed by atoms with Gasteiger partial charge in [-0.15, -0.1) is 0 Å². The molecule has 0 saturated heterocycles. The van der Waals surface area contributed by atoms with Crippen molar-refractivity contribution >= 4 is 29.5 Å². The first-order valence-electron chi connectivity index (χ1n) is 15.2. The fraction of sp³-hybridized carbons (Fsp3) is 0.361. The Labute approximate surface area is 264 Å². The largest absolute Gasteiger partial charge is 0.463 e. The number of aliphatic hydroxyl groups is 1. The lowest BCUT2D eigenvalue weighted by Crippen LogP contribution is -2.46. The van der Waals surface area contributed by atoms with E-state index in [0.29, 0.717) is 31.4 Å². The van der Waals surface area contributed by atoms with Crippen LogP contribution < -0.4 is 10.6 Å². The van der Waals surface area contributed by atoms with Gasteiger partial charge < -0.3 is 20.5 Å². The monoisotopic (exact) mass is 614 g/mol. The standard InChI is InChI=1S/C36H42N2O5S/c39-23-32(21-28-14-6-2-7-15-28)37-34(40)22-30-18-10-11-19-31(20-27-12-4-1-5-13-27)36(42)43-24-33(38-35(30)41)26-44-25-29-16-8-3-9-17-29/h1-17,30-33,39H,18-26H2,(H,37,40)(H,38,41)/t30-,31-,32-,33-/m1/s1. The number of carbonyl (C=O) groups is 3. The molecule has 3 aromatic rings. The van der Waals surface area contributed by atoms with Gasteiger partial charge in [-0.05, 0) is 42.4 Å². The molecular formula is C36H42N2O5S. The van der Waals surface area contributed by atoms with Crippen molar-refractivity contribution < 1.29 is 24.2 Å². The number of esters is 1. The van der Waals surface area contributed by atoms with Gasteiger partial charge in [0, 0.05) is 17.9 Å². The van der Waals surface area contributed by atoms with Crippen LogP contribution in [0.4, 0.5) is 0 Å². The van der Waals surface area contributed by atoms with E-state index in [9.17, 15) is 19.5 Å². The lowest BCUT2D eigenvalue weighted by atomic mass is 9.94. The van der Waals surface area contributed by atoms with Crippen LogP contribution in [0.15, 0.2) is 103 Å². The fourth-order valence-electron chi connectivity index (χ4n) is 5.18. The van der Waals surface area contributed by atoms with Gasteiger partial charge in [-0.1, -0.05) is 103 Å². The topological polar surface area (TPSA) is 105 Å². The van der Waals surface area contributed by atoms with Crippen molar-refractivity contribution in [1.29, 1.82) is 0 Å². The summed E-state index contributed by atoms with van der Waals surface area (Å²) in [6.45, 7) is -0.143. The Bertz CT molecular complexity index is 1340. The number of thioether (sulfide) groups is 1. The molecule has 7 nitrogen and oxygen atoms in total. The number of hydrogen-bond acceptors (Lipinski definition) is 6. The summed E-state index contributed by atoms with van der Waals surface area (Å²) in [4.78, 5) is 39.8. The quantitative estimate of drug-likeness (QED) is 0.198. The number of cyclic esters (lactones) is 1. The van der Waals surface area contributed by atoms with Gasteiger partial charge >= 0.3 is 5.97 Å². The summed E-state index contributed by atoms with van der Waals surface area (Å²) in [5.74, 6) is -0.472. The molecule has 0 aromatic heterocycles. The molecule has 1 aliphatic heterocycles. The number of carbonyl (C=O) groups excluding carboxylic acids is 3. The van der Waals surface area contributed by atoms with E-state index < -0.39 is 18.0 Å². The van der Waals surface area contributed by atoms with Crippen molar-refractivity contribution in [2.75, 3.05) is 19.0 Å². The molecule has 1 heterocycles. The van der Waals surface area contributed by atoms with Crippen LogP contribution in [-0.2, 0) is 37.7 Å². The van der Waals surface area contributed by atoms with E-state index >= 15 is 0 Å². The normalized spacial score (nSPS) is 20.0. The third-order valence-electron chi connectivity index (χ3n) is 7.58. The number of hydrogen-bond donors (Lipinski definition) is 3. The Morgan fingerprint density at radius 3 is 2.09 bits per heavy atom. The lowest BCUT2D eigenvalue weighted by molar-refractivity contribution is -0.149. The Hall–Kier alpha value is -3.88. The first-order valence-corrected chi connectivity index (χ1v) is 16.4. The van der Waals surface area contributed by atoms with E-state index in [4.69, 9.17) is 4.74 Å². The maximum atomic E-state index is 13.5. The average molecular weight is 615 g/mol. The Morgan fingerprint density at radius 1 is 0.864 bits per heavy atom. The predicted molar refractivity (Wildman–Crippen MR) is 175 cm³/mol. The first kappa shape index (κ1) is 33.0. The Kier molecular flexibility index (Phi) is 13.5. The summed E-state index contributed by atoms with van der Waals surface area (Å²) in [6.07, 6.45) is 5.67. The van der Waals surface area contributed by atoms with Crippen LogP contribution in [-0.4, -0.2) is 53.9 Å². The minimum Gasteiger partial charge on any atom is -0.463 e. The summed E-state index contributed by atoms with van der Waals surface area (Å²) < 4.78 is 5.80. The molecule has 4 atom stereocenters. The van der Waals surface area contributed by atoms with Crippen LogP contribution in [0.1, 0.15) is 36.0 Å². The van der Waals surface area contributed by atoms with Crippen LogP contribution in [0.5, 0.6) is 0 Å². The number of nitrogens with one attached hydrogen (secondary N) is 2. The molecule has 44 heavy (non-hydrogen) atoms. The van der Waals surface area contributed by atoms with Gasteiger partial charge in [0.1, 0.15) is 6.61 Å². The summed E-state index contributed by atoms with van der Waals surface area (Å²) >= 11 is 1.66. The van der Waals surface area contributed by atoms with Gasteiger partial charge in [-0.25, -0.2) is 0 Å². The highest BCUT2D eigenvalue weighted by molar-refractivity contribution is 7.98. The zero-order valence-electron chi connectivity index (χ0n) is 25.0.